The fourth-order valence-corrected chi connectivity index (χ4v) is 1.34. The first-order valence-electron chi connectivity index (χ1n) is 5.89. The van der Waals surface area contributed by atoms with E-state index in [1.54, 1.807) is 20.0 Å². The Morgan fingerprint density at radius 3 is 2.84 bits per heavy atom. The smallest absolute Gasteiger partial charge is 0.265 e. The topological polar surface area (TPSA) is 50.7 Å². The molecule has 1 aromatic carbocycles. The fraction of sp³-hybridized carbons (Fsp3) is 0.200. The number of amides is 1. The Kier molecular flexibility index (Phi) is 5.54. The number of carbonyl (C=O) groups is 1. The Labute approximate surface area is 113 Å². The van der Waals surface area contributed by atoms with Crippen LogP contribution in [0.1, 0.15) is 12.5 Å². The zero-order valence-corrected chi connectivity index (χ0v) is 11.4. The number of aryl methyl sites for hydroxylation is 1. The number of hydrogen-bond donors (Lipinski definition) is 1. The van der Waals surface area contributed by atoms with Crippen LogP contribution in [0.2, 0.25) is 0 Å². The summed E-state index contributed by atoms with van der Waals surface area (Å²) in [6, 6.07) is 7.67. The maximum Gasteiger partial charge on any atom is 0.265 e. The van der Waals surface area contributed by atoms with Gasteiger partial charge in [0, 0.05) is 13.2 Å². The van der Waals surface area contributed by atoms with E-state index in [9.17, 15) is 4.79 Å². The van der Waals surface area contributed by atoms with Gasteiger partial charge in [-0.25, -0.2) is 0 Å². The van der Waals surface area contributed by atoms with Crippen molar-refractivity contribution in [1.82, 2.24) is 5.32 Å². The molecule has 1 N–H and O–H groups in total. The van der Waals surface area contributed by atoms with Gasteiger partial charge < -0.3 is 10.1 Å². The minimum absolute atomic E-state index is 0.213. The van der Waals surface area contributed by atoms with E-state index < -0.39 is 0 Å². The van der Waals surface area contributed by atoms with Gasteiger partial charge in [-0.3, -0.25) is 9.79 Å². The third-order valence-corrected chi connectivity index (χ3v) is 2.32. The molecule has 0 aliphatic heterocycles. The first-order chi connectivity index (χ1) is 9.02. The first-order valence-corrected chi connectivity index (χ1v) is 5.89. The number of rotatable bonds is 5. The van der Waals surface area contributed by atoms with Crippen LogP contribution in [0.15, 0.2) is 53.9 Å². The van der Waals surface area contributed by atoms with E-state index >= 15 is 0 Å². The lowest BCUT2D eigenvalue weighted by Crippen LogP contribution is -2.24. The molecule has 0 spiro atoms. The molecule has 19 heavy (non-hydrogen) atoms. The van der Waals surface area contributed by atoms with Gasteiger partial charge in [0.05, 0.1) is 0 Å². The molecule has 4 heteroatoms. The molecule has 100 valence electrons. The fourth-order valence-electron chi connectivity index (χ4n) is 1.34. The third-order valence-electron chi connectivity index (χ3n) is 2.32. The molecule has 0 aliphatic carbocycles. The molecular formula is C15H18N2O2. The molecule has 0 heterocycles. The molecule has 1 amide bonds. The predicted molar refractivity (Wildman–Crippen MR) is 77.3 cm³/mol. The van der Waals surface area contributed by atoms with Crippen molar-refractivity contribution in [2.24, 2.45) is 4.99 Å². The van der Waals surface area contributed by atoms with Crippen LogP contribution in [0.25, 0.3) is 0 Å². The summed E-state index contributed by atoms with van der Waals surface area (Å²) < 4.78 is 5.51. The van der Waals surface area contributed by atoms with Crippen LogP contribution >= 0.6 is 0 Å². The highest BCUT2D eigenvalue weighted by molar-refractivity contribution is 6.37. The van der Waals surface area contributed by atoms with Gasteiger partial charge in [0.1, 0.15) is 17.2 Å². The Morgan fingerprint density at radius 1 is 1.47 bits per heavy atom. The highest BCUT2D eigenvalue weighted by atomic mass is 16.5. The summed E-state index contributed by atoms with van der Waals surface area (Å²) in [7, 11) is 1.56. The van der Waals surface area contributed by atoms with Crippen LogP contribution in [-0.4, -0.2) is 18.7 Å². The first kappa shape index (κ1) is 14.7. The van der Waals surface area contributed by atoms with E-state index in [0.29, 0.717) is 11.5 Å². The number of carbonyl (C=O) groups excluding carboxylic acids is 1. The van der Waals surface area contributed by atoms with Crippen LogP contribution in [0, 0.1) is 6.92 Å². The van der Waals surface area contributed by atoms with E-state index in [-0.39, 0.29) is 5.91 Å². The van der Waals surface area contributed by atoms with Gasteiger partial charge in [-0.05, 0) is 37.6 Å². The summed E-state index contributed by atoms with van der Waals surface area (Å²) in [6.07, 6.45) is 3.09. The lowest BCUT2D eigenvalue weighted by Gasteiger charge is -2.05. The summed E-state index contributed by atoms with van der Waals surface area (Å²) in [5.74, 6) is 0.968. The number of aliphatic imine (C=N–C) groups is 1. The Bertz CT molecular complexity index is 531. The molecule has 0 saturated heterocycles. The van der Waals surface area contributed by atoms with E-state index in [2.05, 4.69) is 16.9 Å². The van der Waals surface area contributed by atoms with Crippen molar-refractivity contribution in [3.63, 3.8) is 0 Å². The molecule has 0 aromatic heterocycles. The summed E-state index contributed by atoms with van der Waals surface area (Å²) >= 11 is 0. The van der Waals surface area contributed by atoms with E-state index in [0.717, 1.165) is 11.3 Å². The van der Waals surface area contributed by atoms with Crippen molar-refractivity contribution >= 4 is 11.6 Å². The molecule has 0 aliphatic rings. The largest absolute Gasteiger partial charge is 0.458 e. The highest BCUT2D eigenvalue weighted by Crippen LogP contribution is 2.15. The number of ether oxygens (including phenoxy) is 1. The summed E-state index contributed by atoms with van der Waals surface area (Å²) in [4.78, 5) is 15.2. The Balaban J connectivity index is 2.59. The Morgan fingerprint density at radius 2 is 2.21 bits per heavy atom. The van der Waals surface area contributed by atoms with Crippen molar-refractivity contribution < 1.29 is 9.53 Å². The van der Waals surface area contributed by atoms with E-state index in [1.807, 2.05) is 31.2 Å². The number of nitrogens with one attached hydrogen (secondary N) is 1. The Hall–Kier alpha value is -2.36. The minimum Gasteiger partial charge on any atom is -0.458 e. The zero-order valence-electron chi connectivity index (χ0n) is 11.4. The van der Waals surface area contributed by atoms with Crippen LogP contribution in [0.4, 0.5) is 0 Å². The highest BCUT2D eigenvalue weighted by Gasteiger charge is 1.99. The van der Waals surface area contributed by atoms with Gasteiger partial charge in [0.2, 0.25) is 0 Å². The quantitative estimate of drug-likeness (QED) is 0.501. The molecule has 1 aromatic rings. The van der Waals surface area contributed by atoms with Crippen molar-refractivity contribution in [3.05, 3.63) is 54.4 Å². The zero-order chi connectivity index (χ0) is 14.3. The SMILES string of the molecule is C=C(/C=C\N=C(C)C(=O)NC)Oc1cccc(C)c1. The number of hydrogen-bond acceptors (Lipinski definition) is 3. The molecule has 0 fully saturated rings. The molecule has 1 rings (SSSR count). The monoisotopic (exact) mass is 258 g/mol. The second kappa shape index (κ2) is 7.16. The molecule has 0 bridgehead atoms. The lowest BCUT2D eigenvalue weighted by atomic mass is 10.2. The molecule has 0 radical (unpaired) electrons. The van der Waals surface area contributed by atoms with Gasteiger partial charge in [-0.15, -0.1) is 0 Å². The van der Waals surface area contributed by atoms with Crippen LogP contribution < -0.4 is 10.1 Å². The maximum absolute atomic E-state index is 11.2. The standard InChI is InChI=1S/C15H18N2O2/c1-11-6-5-7-14(10-11)19-12(2)8-9-17-13(3)15(18)16-4/h5-10H,2H2,1,3-4H3,(H,16,18)/b9-8-,17-13?. The predicted octanol–water partition coefficient (Wildman–Crippen LogP) is 2.61. The maximum atomic E-state index is 11.2. The second-order valence-corrected chi connectivity index (χ2v) is 3.99. The van der Waals surface area contributed by atoms with Gasteiger partial charge in [-0.2, -0.15) is 0 Å². The van der Waals surface area contributed by atoms with Crippen LogP contribution in [-0.2, 0) is 4.79 Å². The summed E-state index contributed by atoms with van der Waals surface area (Å²) in [5, 5.41) is 2.49. The van der Waals surface area contributed by atoms with Gasteiger partial charge in [0.25, 0.3) is 5.91 Å². The van der Waals surface area contributed by atoms with Crippen LogP contribution in [0.5, 0.6) is 5.75 Å². The molecular weight excluding hydrogens is 240 g/mol. The summed E-state index contributed by atoms with van der Waals surface area (Å²) in [6.45, 7) is 7.38. The molecule has 0 saturated carbocycles. The van der Waals surface area contributed by atoms with Gasteiger partial charge >= 0.3 is 0 Å². The van der Waals surface area contributed by atoms with Gasteiger partial charge in [-0.1, -0.05) is 18.7 Å². The molecule has 0 atom stereocenters. The van der Waals surface area contributed by atoms with E-state index in [1.165, 1.54) is 6.20 Å². The number of nitrogens with zero attached hydrogens (tertiary/aromatic N) is 1. The van der Waals surface area contributed by atoms with Crippen molar-refractivity contribution in [2.45, 2.75) is 13.8 Å². The molecule has 0 unspecified atom stereocenters. The van der Waals surface area contributed by atoms with Crippen molar-refractivity contribution in [1.29, 1.82) is 0 Å². The third kappa shape index (κ3) is 5.21. The van der Waals surface area contributed by atoms with Crippen LogP contribution in [0.3, 0.4) is 0 Å². The second-order valence-electron chi connectivity index (χ2n) is 3.99. The lowest BCUT2D eigenvalue weighted by molar-refractivity contribution is -0.114. The van der Waals surface area contributed by atoms with Crippen molar-refractivity contribution in [3.8, 4) is 5.75 Å². The van der Waals surface area contributed by atoms with Crippen molar-refractivity contribution in [2.75, 3.05) is 7.05 Å². The van der Waals surface area contributed by atoms with E-state index in [4.69, 9.17) is 4.74 Å². The number of benzene rings is 1. The average molecular weight is 258 g/mol. The normalized spacial score (nSPS) is 11.4. The number of allylic oxidation sites excluding steroid dienone is 1. The summed E-state index contributed by atoms with van der Waals surface area (Å²) in [5.41, 5.74) is 1.49. The molecule has 4 nitrogen and oxygen atoms in total. The van der Waals surface area contributed by atoms with Gasteiger partial charge in [0.15, 0.2) is 0 Å². The minimum atomic E-state index is -0.213. The average Bonchev–Trinajstić information content (AvgIpc) is 2.37.